The summed E-state index contributed by atoms with van der Waals surface area (Å²) in [7, 11) is 0. The summed E-state index contributed by atoms with van der Waals surface area (Å²) in [6.07, 6.45) is -0.0139. The van der Waals surface area contributed by atoms with Crippen molar-refractivity contribution in [3.8, 4) is 11.3 Å². The predicted molar refractivity (Wildman–Crippen MR) is 124 cm³/mol. The second kappa shape index (κ2) is 8.75. The number of β-amino-alcohol motifs (C(OH)–C–C–N with tert-alkyl or cyclic N) is 2. The number of hydrogen-bond acceptors (Lipinski definition) is 6. The van der Waals surface area contributed by atoms with Gasteiger partial charge >= 0.3 is 0 Å². The molecule has 1 aliphatic heterocycles. The zero-order valence-corrected chi connectivity index (χ0v) is 18.4. The summed E-state index contributed by atoms with van der Waals surface area (Å²) in [5.41, 5.74) is 2.04. The van der Waals surface area contributed by atoms with Crippen LogP contribution in [0.5, 0.6) is 0 Å². The number of nitrogens with zero attached hydrogens (tertiary/aromatic N) is 3. The largest absolute Gasteiger partial charge is 0.389 e. The fourth-order valence-electron chi connectivity index (χ4n) is 4.12. The zero-order chi connectivity index (χ0) is 24.0. The van der Waals surface area contributed by atoms with Gasteiger partial charge in [-0.2, -0.15) is 0 Å². The normalized spacial score (nSPS) is 18.1. The molecule has 4 aromatic rings. The van der Waals surface area contributed by atoms with Crippen LogP contribution in [0.1, 0.15) is 11.4 Å². The quantitative estimate of drug-likeness (QED) is 0.411. The Labute approximate surface area is 197 Å². The maximum Gasteiger partial charge on any atom is 0.258 e. The Kier molecular flexibility index (Phi) is 5.76. The smallest absolute Gasteiger partial charge is 0.258 e. The Morgan fingerprint density at radius 2 is 1.76 bits per heavy atom. The van der Waals surface area contributed by atoms with Crippen LogP contribution < -0.4 is 10.5 Å². The number of H-pyrrole nitrogens is 1. The molecule has 174 valence electrons. The van der Waals surface area contributed by atoms with Gasteiger partial charge in [-0.25, -0.2) is 13.8 Å². The third-order valence-electron chi connectivity index (χ3n) is 5.76. The summed E-state index contributed by atoms with van der Waals surface area (Å²) < 4.78 is 27.0. The minimum absolute atomic E-state index is 0.187. The maximum absolute atomic E-state index is 13.5. The summed E-state index contributed by atoms with van der Waals surface area (Å²) in [6, 6.07) is 9.75. The van der Waals surface area contributed by atoms with E-state index in [-0.39, 0.29) is 25.1 Å². The average Bonchev–Trinajstić information content (AvgIpc) is 3.12. The molecule has 0 amide bonds. The molecule has 2 atom stereocenters. The Hall–Kier alpha value is -3.40. The van der Waals surface area contributed by atoms with Crippen LogP contribution in [0.2, 0.25) is 5.02 Å². The molecule has 0 bridgehead atoms. The minimum atomic E-state index is -0.911. The molecule has 0 radical (unpaired) electrons. The van der Waals surface area contributed by atoms with Crippen molar-refractivity contribution in [1.29, 1.82) is 0 Å². The standard InChI is InChI=1S/C24H19ClF2N4O3/c25-14-6-17-23(19(7-14)31-10-20(32)21(33)11-31)29-22(30-24(17)34)3-12-1-2-18(28-9-12)13-4-15(26)8-16(27)5-13/h1-2,4-9,20-21,32-33H,3,10-11H2,(H,29,30,34)/t20-,21+. The fraction of sp³-hybridized carbons (Fsp3) is 0.208. The maximum atomic E-state index is 13.5. The number of fused-ring (bicyclic) bond motifs is 1. The number of anilines is 1. The number of nitrogens with one attached hydrogen (secondary N) is 1. The highest BCUT2D eigenvalue weighted by Gasteiger charge is 2.31. The summed E-state index contributed by atoms with van der Waals surface area (Å²) >= 11 is 6.21. The zero-order valence-electron chi connectivity index (χ0n) is 17.7. The van der Waals surface area contributed by atoms with E-state index in [2.05, 4.69) is 15.0 Å². The van der Waals surface area contributed by atoms with Crippen molar-refractivity contribution in [2.24, 2.45) is 0 Å². The number of aromatic amines is 1. The Balaban J connectivity index is 1.48. The van der Waals surface area contributed by atoms with Crippen molar-refractivity contribution in [2.75, 3.05) is 18.0 Å². The second-order valence-corrected chi connectivity index (χ2v) is 8.70. The van der Waals surface area contributed by atoms with Crippen molar-refractivity contribution < 1.29 is 19.0 Å². The van der Waals surface area contributed by atoms with Gasteiger partial charge in [0.25, 0.3) is 5.56 Å². The van der Waals surface area contributed by atoms with Gasteiger partial charge in [-0.05, 0) is 35.9 Å². The van der Waals surface area contributed by atoms with E-state index < -0.39 is 23.8 Å². The molecule has 1 saturated heterocycles. The molecule has 0 spiro atoms. The molecule has 0 saturated carbocycles. The van der Waals surface area contributed by atoms with E-state index in [1.54, 1.807) is 29.3 Å². The molecule has 0 unspecified atom stereocenters. The van der Waals surface area contributed by atoms with E-state index in [0.29, 0.717) is 38.7 Å². The fourth-order valence-corrected chi connectivity index (χ4v) is 4.34. The summed E-state index contributed by atoms with van der Waals surface area (Å²) in [5, 5.41) is 20.5. The first-order chi connectivity index (χ1) is 16.3. The predicted octanol–water partition coefficient (Wildman–Crippen LogP) is 3.05. The molecule has 1 fully saturated rings. The highest BCUT2D eigenvalue weighted by atomic mass is 35.5. The number of pyridine rings is 1. The van der Waals surface area contributed by atoms with Crippen LogP contribution in [0, 0.1) is 11.6 Å². The molecule has 2 aromatic carbocycles. The average molecular weight is 485 g/mol. The van der Waals surface area contributed by atoms with Gasteiger partial charge in [0.2, 0.25) is 0 Å². The van der Waals surface area contributed by atoms with E-state index in [0.717, 1.165) is 11.6 Å². The number of halogens is 3. The molecule has 3 heterocycles. The highest BCUT2D eigenvalue weighted by molar-refractivity contribution is 6.31. The highest BCUT2D eigenvalue weighted by Crippen LogP contribution is 2.31. The van der Waals surface area contributed by atoms with Crippen molar-refractivity contribution in [3.63, 3.8) is 0 Å². The Bertz CT molecular complexity index is 1410. The lowest BCUT2D eigenvalue weighted by Crippen LogP contribution is -2.23. The first-order valence-corrected chi connectivity index (χ1v) is 10.9. The molecule has 10 heteroatoms. The Morgan fingerprint density at radius 3 is 2.41 bits per heavy atom. The van der Waals surface area contributed by atoms with Crippen LogP contribution in [0.25, 0.3) is 22.2 Å². The molecule has 1 aliphatic rings. The number of hydrogen-bond donors (Lipinski definition) is 3. The van der Waals surface area contributed by atoms with Crippen LogP contribution in [0.15, 0.2) is 53.5 Å². The van der Waals surface area contributed by atoms with E-state index in [1.807, 2.05) is 0 Å². The van der Waals surface area contributed by atoms with Crippen molar-refractivity contribution in [2.45, 2.75) is 18.6 Å². The number of aliphatic hydroxyl groups is 2. The Morgan fingerprint density at radius 1 is 1.06 bits per heavy atom. The summed E-state index contributed by atoms with van der Waals surface area (Å²) in [6.45, 7) is 0.374. The van der Waals surface area contributed by atoms with Gasteiger partial charge < -0.3 is 20.1 Å². The van der Waals surface area contributed by atoms with Gasteiger partial charge in [0.1, 0.15) is 23.0 Å². The van der Waals surface area contributed by atoms with Gasteiger partial charge in [-0.1, -0.05) is 17.7 Å². The molecule has 7 nitrogen and oxygen atoms in total. The number of aromatic nitrogens is 3. The molecule has 5 rings (SSSR count). The third-order valence-corrected chi connectivity index (χ3v) is 5.98. The number of aliphatic hydroxyl groups excluding tert-OH is 2. The van der Waals surface area contributed by atoms with E-state index in [1.165, 1.54) is 18.2 Å². The van der Waals surface area contributed by atoms with Crippen molar-refractivity contribution in [3.05, 3.63) is 87.1 Å². The summed E-state index contributed by atoms with van der Waals surface area (Å²) in [5.74, 6) is -0.992. The monoisotopic (exact) mass is 484 g/mol. The van der Waals surface area contributed by atoms with Crippen molar-refractivity contribution in [1.82, 2.24) is 15.0 Å². The second-order valence-electron chi connectivity index (χ2n) is 8.26. The first kappa shape index (κ1) is 22.4. The molecule has 0 aliphatic carbocycles. The first-order valence-electron chi connectivity index (χ1n) is 10.5. The van der Waals surface area contributed by atoms with E-state index in [4.69, 9.17) is 11.6 Å². The van der Waals surface area contributed by atoms with Gasteiger partial charge in [0, 0.05) is 42.4 Å². The van der Waals surface area contributed by atoms with Crippen LogP contribution in [-0.4, -0.2) is 50.5 Å². The van der Waals surface area contributed by atoms with E-state index in [9.17, 15) is 23.8 Å². The minimum Gasteiger partial charge on any atom is -0.389 e. The number of benzene rings is 2. The van der Waals surface area contributed by atoms with Crippen molar-refractivity contribution >= 4 is 28.2 Å². The molecule has 34 heavy (non-hydrogen) atoms. The van der Waals surface area contributed by atoms with Gasteiger partial charge in [-0.15, -0.1) is 0 Å². The van der Waals surface area contributed by atoms with E-state index >= 15 is 0 Å². The molecular formula is C24H19ClF2N4O3. The van der Waals surface area contributed by atoms with Gasteiger partial charge in [0.05, 0.1) is 29.0 Å². The molecule has 3 N–H and O–H groups in total. The SMILES string of the molecule is O=c1[nH]c(Cc2ccc(-c3cc(F)cc(F)c3)nc2)nc2c(N3C[C@@H](O)[C@@H](O)C3)cc(Cl)cc12. The molecule has 2 aromatic heterocycles. The lowest BCUT2D eigenvalue weighted by atomic mass is 10.1. The topological polar surface area (TPSA) is 102 Å². The van der Waals surface area contributed by atoms with Crippen LogP contribution in [0.3, 0.4) is 0 Å². The van der Waals surface area contributed by atoms with Crippen LogP contribution in [0.4, 0.5) is 14.5 Å². The van der Waals surface area contributed by atoms with Crippen LogP contribution >= 0.6 is 11.6 Å². The number of rotatable bonds is 4. The third kappa shape index (κ3) is 4.37. The lowest BCUT2D eigenvalue weighted by Gasteiger charge is -2.20. The van der Waals surface area contributed by atoms with Gasteiger partial charge in [-0.3, -0.25) is 9.78 Å². The van der Waals surface area contributed by atoms with Gasteiger partial charge in [0.15, 0.2) is 0 Å². The van der Waals surface area contributed by atoms with Crippen LogP contribution in [-0.2, 0) is 6.42 Å². The lowest BCUT2D eigenvalue weighted by molar-refractivity contribution is 0.0572. The summed E-state index contributed by atoms with van der Waals surface area (Å²) in [4.78, 5) is 26.2. The molecular weight excluding hydrogens is 466 g/mol.